The van der Waals surface area contributed by atoms with Crippen LogP contribution >= 0.6 is 27.7 Å². The highest BCUT2D eigenvalue weighted by Gasteiger charge is 2.41. The maximum absolute atomic E-state index is 4.27. The molecule has 0 unspecified atom stereocenters. The van der Waals surface area contributed by atoms with Gasteiger partial charge in [-0.1, -0.05) is 0 Å². The number of aromatic nitrogens is 2. The Labute approximate surface area is 115 Å². The predicted octanol–water partition coefficient (Wildman–Crippen LogP) is 2.98. The van der Waals surface area contributed by atoms with E-state index in [-0.39, 0.29) is 0 Å². The topological polar surface area (TPSA) is 49.8 Å². The molecule has 0 atom stereocenters. The number of nitrogens with zero attached hydrogens (tertiary/aromatic N) is 2. The summed E-state index contributed by atoms with van der Waals surface area (Å²) in [6.45, 7) is 3.87. The standard InChI is InChI=1S/C11H17BrN4S/c1-3-13-9-8(12)10(16-7-15-9)14-6-11(17-2)4-5-11/h7H,3-6H2,1-2H3,(H2,13,14,15,16). The lowest BCUT2D eigenvalue weighted by atomic mass is 10.4. The van der Waals surface area contributed by atoms with Gasteiger partial charge >= 0.3 is 0 Å². The molecule has 0 aromatic carbocycles. The van der Waals surface area contributed by atoms with Gasteiger partial charge in [0.25, 0.3) is 0 Å². The third-order valence-electron chi connectivity index (χ3n) is 2.95. The monoisotopic (exact) mass is 316 g/mol. The van der Waals surface area contributed by atoms with Crippen molar-refractivity contribution in [3.05, 3.63) is 10.8 Å². The molecule has 0 amide bonds. The maximum Gasteiger partial charge on any atom is 0.145 e. The lowest BCUT2D eigenvalue weighted by molar-refractivity contribution is 0.934. The van der Waals surface area contributed by atoms with E-state index in [2.05, 4.69) is 49.7 Å². The maximum atomic E-state index is 4.27. The Bertz CT molecular complexity index is 395. The molecule has 0 saturated heterocycles. The molecule has 1 aliphatic carbocycles. The Morgan fingerprint density at radius 1 is 1.35 bits per heavy atom. The second-order valence-corrected chi connectivity index (χ2v) is 6.22. The van der Waals surface area contributed by atoms with Crippen LogP contribution in [-0.2, 0) is 0 Å². The highest BCUT2D eigenvalue weighted by atomic mass is 79.9. The van der Waals surface area contributed by atoms with E-state index < -0.39 is 0 Å². The van der Waals surface area contributed by atoms with Crippen molar-refractivity contribution in [2.45, 2.75) is 24.5 Å². The quantitative estimate of drug-likeness (QED) is 0.845. The average Bonchev–Trinajstić information content (AvgIpc) is 3.11. The molecule has 0 bridgehead atoms. The smallest absolute Gasteiger partial charge is 0.145 e. The number of thioether (sulfide) groups is 1. The first-order chi connectivity index (χ1) is 8.21. The van der Waals surface area contributed by atoms with Crippen molar-refractivity contribution in [1.29, 1.82) is 0 Å². The molecule has 1 aromatic rings. The van der Waals surface area contributed by atoms with Crippen molar-refractivity contribution in [2.75, 3.05) is 30.0 Å². The second-order valence-electron chi connectivity index (χ2n) is 4.16. The summed E-state index contributed by atoms with van der Waals surface area (Å²) >= 11 is 5.48. The zero-order valence-corrected chi connectivity index (χ0v) is 12.5. The van der Waals surface area contributed by atoms with Gasteiger partial charge in [-0.15, -0.1) is 0 Å². The van der Waals surface area contributed by atoms with Crippen molar-refractivity contribution in [3.63, 3.8) is 0 Å². The second kappa shape index (κ2) is 5.44. The minimum absolute atomic E-state index is 0.433. The van der Waals surface area contributed by atoms with Crippen molar-refractivity contribution < 1.29 is 0 Å². The van der Waals surface area contributed by atoms with Crippen LogP contribution < -0.4 is 10.6 Å². The van der Waals surface area contributed by atoms with Gasteiger partial charge in [-0.3, -0.25) is 0 Å². The van der Waals surface area contributed by atoms with E-state index in [0.717, 1.165) is 29.2 Å². The Hall–Kier alpha value is -0.490. The minimum Gasteiger partial charge on any atom is -0.369 e. The van der Waals surface area contributed by atoms with E-state index in [0.29, 0.717) is 4.75 Å². The number of halogens is 1. The van der Waals surface area contributed by atoms with Crippen LogP contribution in [0.25, 0.3) is 0 Å². The highest BCUT2D eigenvalue weighted by Crippen LogP contribution is 2.47. The van der Waals surface area contributed by atoms with Crippen LogP contribution in [0.15, 0.2) is 10.8 Å². The lowest BCUT2D eigenvalue weighted by Gasteiger charge is -2.15. The van der Waals surface area contributed by atoms with Crippen molar-refractivity contribution in [2.24, 2.45) is 0 Å². The predicted molar refractivity (Wildman–Crippen MR) is 77.9 cm³/mol. The number of hydrogen-bond acceptors (Lipinski definition) is 5. The fraction of sp³-hybridized carbons (Fsp3) is 0.636. The van der Waals surface area contributed by atoms with Crippen LogP contribution in [0.1, 0.15) is 19.8 Å². The molecule has 0 spiro atoms. The van der Waals surface area contributed by atoms with Gasteiger partial charge in [-0.25, -0.2) is 9.97 Å². The summed E-state index contributed by atoms with van der Waals surface area (Å²) in [6.07, 6.45) is 6.35. The number of nitrogens with one attached hydrogen (secondary N) is 2. The molecular weight excluding hydrogens is 300 g/mol. The van der Waals surface area contributed by atoms with Crippen LogP contribution in [0, 0.1) is 0 Å². The van der Waals surface area contributed by atoms with Gasteiger partial charge in [-0.05, 0) is 42.0 Å². The number of rotatable bonds is 6. The normalized spacial score (nSPS) is 16.6. The molecule has 1 aliphatic rings. The third-order valence-corrected chi connectivity index (χ3v) is 5.12. The van der Waals surface area contributed by atoms with Crippen LogP contribution in [0.3, 0.4) is 0 Å². The molecule has 1 fully saturated rings. The molecule has 6 heteroatoms. The van der Waals surface area contributed by atoms with Gasteiger partial charge in [0.05, 0.1) is 0 Å². The van der Waals surface area contributed by atoms with E-state index >= 15 is 0 Å². The molecule has 2 N–H and O–H groups in total. The lowest BCUT2D eigenvalue weighted by Crippen LogP contribution is -2.18. The van der Waals surface area contributed by atoms with E-state index in [4.69, 9.17) is 0 Å². The van der Waals surface area contributed by atoms with Gasteiger partial charge in [0.1, 0.15) is 22.4 Å². The van der Waals surface area contributed by atoms with Gasteiger partial charge in [0.15, 0.2) is 0 Å². The molecule has 17 heavy (non-hydrogen) atoms. The van der Waals surface area contributed by atoms with E-state index in [1.54, 1.807) is 6.33 Å². The zero-order valence-electron chi connectivity index (χ0n) is 10.1. The largest absolute Gasteiger partial charge is 0.369 e. The van der Waals surface area contributed by atoms with Gasteiger partial charge < -0.3 is 10.6 Å². The number of anilines is 2. The first-order valence-electron chi connectivity index (χ1n) is 5.74. The Kier molecular flexibility index (Phi) is 4.14. The molecular formula is C11H17BrN4S. The minimum atomic E-state index is 0.433. The molecule has 2 rings (SSSR count). The van der Waals surface area contributed by atoms with E-state index in [1.165, 1.54) is 12.8 Å². The fourth-order valence-corrected chi connectivity index (χ4v) is 2.83. The average molecular weight is 317 g/mol. The van der Waals surface area contributed by atoms with Gasteiger partial charge in [0.2, 0.25) is 0 Å². The zero-order chi connectivity index (χ0) is 12.3. The summed E-state index contributed by atoms with van der Waals surface area (Å²) in [7, 11) is 0. The van der Waals surface area contributed by atoms with Crippen molar-refractivity contribution >= 4 is 39.3 Å². The summed E-state index contributed by atoms with van der Waals surface area (Å²) in [5, 5.41) is 6.61. The van der Waals surface area contributed by atoms with Gasteiger partial charge in [0, 0.05) is 17.8 Å². The molecule has 0 aliphatic heterocycles. The summed E-state index contributed by atoms with van der Waals surface area (Å²) in [4.78, 5) is 8.46. The van der Waals surface area contributed by atoms with Crippen LogP contribution in [-0.4, -0.2) is 34.1 Å². The van der Waals surface area contributed by atoms with Gasteiger partial charge in [-0.2, -0.15) is 11.8 Å². The Balaban J connectivity index is 2.03. The molecule has 1 saturated carbocycles. The molecule has 94 valence electrons. The summed E-state index contributed by atoms with van der Waals surface area (Å²) < 4.78 is 1.35. The van der Waals surface area contributed by atoms with E-state index in [1.807, 2.05) is 11.8 Å². The first kappa shape index (κ1) is 13.0. The molecule has 1 aromatic heterocycles. The van der Waals surface area contributed by atoms with Crippen LogP contribution in [0.2, 0.25) is 0 Å². The third kappa shape index (κ3) is 3.04. The summed E-state index contributed by atoms with van der Waals surface area (Å²) in [6, 6.07) is 0. The molecule has 4 nitrogen and oxygen atoms in total. The Morgan fingerprint density at radius 3 is 2.53 bits per heavy atom. The number of hydrogen-bond donors (Lipinski definition) is 2. The summed E-state index contributed by atoms with van der Waals surface area (Å²) in [5.74, 6) is 1.72. The highest BCUT2D eigenvalue weighted by molar-refractivity contribution is 9.10. The molecule has 0 radical (unpaired) electrons. The van der Waals surface area contributed by atoms with Crippen molar-refractivity contribution in [1.82, 2.24) is 9.97 Å². The first-order valence-corrected chi connectivity index (χ1v) is 7.76. The van der Waals surface area contributed by atoms with Crippen LogP contribution in [0.5, 0.6) is 0 Å². The van der Waals surface area contributed by atoms with Crippen molar-refractivity contribution in [3.8, 4) is 0 Å². The SMILES string of the molecule is CCNc1ncnc(NCC2(SC)CC2)c1Br. The fourth-order valence-electron chi connectivity index (χ4n) is 1.62. The molecule has 1 heterocycles. The summed E-state index contributed by atoms with van der Waals surface area (Å²) in [5.41, 5.74) is 0. The van der Waals surface area contributed by atoms with E-state index in [9.17, 15) is 0 Å². The van der Waals surface area contributed by atoms with Crippen LogP contribution in [0.4, 0.5) is 11.6 Å². The Morgan fingerprint density at radius 2 is 2.00 bits per heavy atom.